The molecule has 4 aromatic carbocycles. The normalized spacial score (nSPS) is 15.6. The summed E-state index contributed by atoms with van der Waals surface area (Å²) in [5.74, 6) is 0.788. The van der Waals surface area contributed by atoms with E-state index in [0.717, 1.165) is 33.7 Å². The quantitative estimate of drug-likeness (QED) is 0.285. The number of nitrogens with one attached hydrogen (secondary N) is 1. The lowest BCUT2D eigenvalue weighted by Crippen LogP contribution is -2.45. The highest BCUT2D eigenvalue weighted by Gasteiger charge is 2.32. The van der Waals surface area contributed by atoms with E-state index in [9.17, 15) is 4.79 Å². The van der Waals surface area contributed by atoms with E-state index in [1.807, 2.05) is 109 Å². The molecule has 40 heavy (non-hydrogen) atoms. The van der Waals surface area contributed by atoms with Gasteiger partial charge in [0.05, 0.1) is 30.9 Å². The molecule has 1 atom stereocenters. The van der Waals surface area contributed by atoms with Crippen LogP contribution in [0.5, 0.6) is 5.75 Å². The van der Waals surface area contributed by atoms with Crippen molar-refractivity contribution in [1.29, 1.82) is 0 Å². The minimum Gasteiger partial charge on any atom is -0.497 e. The smallest absolute Gasteiger partial charge is 0.272 e. The molecule has 4 aromatic rings. The molecule has 1 unspecified atom stereocenters. The number of hydrogen-bond acceptors (Lipinski definition) is 6. The second-order valence-corrected chi connectivity index (χ2v) is 9.29. The fourth-order valence-corrected chi connectivity index (χ4v) is 4.54. The number of aliphatic imine (C=N–C) groups is 1. The van der Waals surface area contributed by atoms with Gasteiger partial charge in [0.1, 0.15) is 5.75 Å². The molecule has 1 heterocycles. The van der Waals surface area contributed by atoms with Gasteiger partial charge < -0.3 is 26.4 Å². The lowest BCUT2D eigenvalue weighted by atomic mass is 10.00. The molecule has 0 radical (unpaired) electrons. The van der Waals surface area contributed by atoms with Crippen LogP contribution in [0.15, 0.2) is 132 Å². The predicted octanol–water partition coefficient (Wildman–Crippen LogP) is 4.80. The van der Waals surface area contributed by atoms with Crippen molar-refractivity contribution in [1.82, 2.24) is 5.32 Å². The monoisotopic (exact) mass is 529 g/mol. The van der Waals surface area contributed by atoms with E-state index in [2.05, 4.69) is 5.32 Å². The van der Waals surface area contributed by atoms with Crippen LogP contribution < -0.4 is 26.4 Å². The van der Waals surface area contributed by atoms with Crippen LogP contribution >= 0.6 is 0 Å². The van der Waals surface area contributed by atoms with Gasteiger partial charge in [0.25, 0.3) is 5.91 Å². The highest BCUT2D eigenvalue weighted by atomic mass is 16.5. The van der Waals surface area contributed by atoms with Crippen molar-refractivity contribution in [2.24, 2.45) is 16.5 Å². The number of carbonyl (C=O) groups excluding carboxylic acids is 1. The summed E-state index contributed by atoms with van der Waals surface area (Å²) in [6.45, 7) is 0.347. The maximum Gasteiger partial charge on any atom is 0.272 e. The molecular weight excluding hydrogens is 498 g/mol. The van der Waals surface area contributed by atoms with Crippen LogP contribution in [-0.2, 0) is 11.3 Å². The summed E-state index contributed by atoms with van der Waals surface area (Å²) >= 11 is 0. The molecule has 1 amide bonds. The third-order valence-corrected chi connectivity index (χ3v) is 6.61. The number of hydrogen-bond donors (Lipinski definition) is 3. The standard InChI is InChI=1S/C33H31N5O2/c1-40-26-18-16-23(17-19-26)22-38-29-15-9-8-14-27(29)31(25-12-6-3-7-13-25)37-32(33(38)39)36-30(35)21-20-28(34)24-10-4-2-5-11-24/h2-21,32,36H,22,34-35H2,1H3/b28-20-,30-21+. The second-order valence-electron chi connectivity index (χ2n) is 9.29. The molecular formula is C33H31N5O2. The summed E-state index contributed by atoms with van der Waals surface area (Å²) < 4.78 is 5.31. The summed E-state index contributed by atoms with van der Waals surface area (Å²) in [5.41, 5.74) is 18.2. The summed E-state index contributed by atoms with van der Waals surface area (Å²) in [4.78, 5) is 20.8. The summed E-state index contributed by atoms with van der Waals surface area (Å²) in [6.07, 6.45) is 2.40. The van der Waals surface area contributed by atoms with Gasteiger partial charge in [-0.25, -0.2) is 4.99 Å². The van der Waals surface area contributed by atoms with Crippen LogP contribution in [0.4, 0.5) is 5.69 Å². The van der Waals surface area contributed by atoms with Gasteiger partial charge in [-0.2, -0.15) is 0 Å². The molecule has 0 saturated heterocycles. The highest BCUT2D eigenvalue weighted by Crippen LogP contribution is 2.30. The van der Waals surface area contributed by atoms with Gasteiger partial charge >= 0.3 is 0 Å². The Labute approximate surface area is 234 Å². The van der Waals surface area contributed by atoms with Crippen molar-refractivity contribution >= 4 is 23.0 Å². The Hall–Kier alpha value is -5.30. The van der Waals surface area contributed by atoms with Crippen molar-refractivity contribution in [2.75, 3.05) is 12.0 Å². The van der Waals surface area contributed by atoms with E-state index in [1.54, 1.807) is 24.2 Å². The van der Waals surface area contributed by atoms with Gasteiger partial charge in [0, 0.05) is 16.8 Å². The SMILES string of the molecule is COc1ccc(CN2C(=O)C(N/C(N)=C/C=C(\N)c3ccccc3)N=C(c3ccccc3)c3ccccc32)cc1. The Balaban J connectivity index is 1.53. The molecule has 0 saturated carbocycles. The first-order chi connectivity index (χ1) is 19.5. The number of benzene rings is 4. The van der Waals surface area contributed by atoms with Crippen LogP contribution in [0, 0.1) is 0 Å². The Bertz CT molecular complexity index is 1560. The second kappa shape index (κ2) is 12.0. The molecule has 0 bridgehead atoms. The number of ether oxygens (including phenoxy) is 1. The number of nitrogens with two attached hydrogens (primary N) is 2. The van der Waals surface area contributed by atoms with Crippen molar-refractivity contribution < 1.29 is 9.53 Å². The minimum atomic E-state index is -0.969. The molecule has 1 aliphatic rings. The fourth-order valence-electron chi connectivity index (χ4n) is 4.54. The lowest BCUT2D eigenvalue weighted by Gasteiger charge is -2.26. The average molecular weight is 530 g/mol. The Morgan fingerprint density at radius 2 is 1.52 bits per heavy atom. The Kier molecular flexibility index (Phi) is 7.92. The van der Waals surface area contributed by atoms with Crippen molar-refractivity contribution in [3.63, 3.8) is 0 Å². The molecule has 200 valence electrons. The third kappa shape index (κ3) is 5.89. The number of anilines is 1. The zero-order valence-corrected chi connectivity index (χ0v) is 22.2. The van der Waals surface area contributed by atoms with Gasteiger partial charge in [-0.05, 0) is 41.5 Å². The van der Waals surface area contributed by atoms with Crippen molar-refractivity contribution in [3.8, 4) is 5.75 Å². The molecule has 0 fully saturated rings. The maximum absolute atomic E-state index is 14.1. The largest absolute Gasteiger partial charge is 0.497 e. The summed E-state index contributed by atoms with van der Waals surface area (Å²) in [7, 11) is 1.63. The van der Waals surface area contributed by atoms with Gasteiger partial charge in [0.15, 0.2) is 0 Å². The summed E-state index contributed by atoms with van der Waals surface area (Å²) in [5, 5.41) is 3.12. The Morgan fingerprint density at radius 3 is 2.23 bits per heavy atom. The average Bonchev–Trinajstić information content (AvgIpc) is 3.12. The van der Waals surface area contributed by atoms with Gasteiger partial charge in [-0.15, -0.1) is 0 Å². The van der Waals surface area contributed by atoms with Gasteiger partial charge in [-0.1, -0.05) is 91.0 Å². The van der Waals surface area contributed by atoms with Crippen LogP contribution in [0.3, 0.4) is 0 Å². The molecule has 7 nitrogen and oxygen atoms in total. The zero-order chi connectivity index (χ0) is 27.9. The summed E-state index contributed by atoms with van der Waals surface area (Å²) in [6, 6.07) is 34.9. The first-order valence-electron chi connectivity index (χ1n) is 13.0. The number of methoxy groups -OCH3 is 1. The third-order valence-electron chi connectivity index (χ3n) is 6.61. The molecule has 7 heteroatoms. The van der Waals surface area contributed by atoms with Crippen LogP contribution in [-0.4, -0.2) is 24.9 Å². The zero-order valence-electron chi connectivity index (χ0n) is 22.2. The fraction of sp³-hybridized carbons (Fsp3) is 0.0909. The number of rotatable bonds is 8. The topological polar surface area (TPSA) is 106 Å². The lowest BCUT2D eigenvalue weighted by molar-refractivity contribution is -0.120. The van der Waals surface area contributed by atoms with E-state index in [4.69, 9.17) is 21.2 Å². The number of amides is 1. The van der Waals surface area contributed by atoms with E-state index in [-0.39, 0.29) is 11.7 Å². The van der Waals surface area contributed by atoms with Gasteiger partial charge in [0.2, 0.25) is 6.17 Å². The highest BCUT2D eigenvalue weighted by molar-refractivity contribution is 6.20. The minimum absolute atomic E-state index is 0.231. The van der Waals surface area contributed by atoms with Gasteiger partial charge in [-0.3, -0.25) is 4.79 Å². The first-order valence-corrected chi connectivity index (χ1v) is 13.0. The molecule has 0 spiro atoms. The van der Waals surface area contributed by atoms with Crippen LogP contribution in [0.25, 0.3) is 5.70 Å². The first kappa shape index (κ1) is 26.3. The molecule has 0 aromatic heterocycles. The van der Waals surface area contributed by atoms with E-state index < -0.39 is 6.17 Å². The van der Waals surface area contributed by atoms with E-state index in [1.165, 1.54) is 0 Å². The van der Waals surface area contributed by atoms with E-state index in [0.29, 0.717) is 18.0 Å². The number of fused-ring (bicyclic) bond motifs is 1. The number of benzodiazepines with no additional fused rings is 1. The number of para-hydroxylation sites is 1. The van der Waals surface area contributed by atoms with Crippen LogP contribution in [0.1, 0.15) is 22.3 Å². The molecule has 0 aliphatic carbocycles. The maximum atomic E-state index is 14.1. The van der Waals surface area contributed by atoms with Crippen molar-refractivity contribution in [2.45, 2.75) is 12.7 Å². The molecule has 5 N–H and O–H groups in total. The molecule has 5 rings (SSSR count). The number of allylic oxidation sites excluding steroid dienone is 2. The van der Waals surface area contributed by atoms with Crippen LogP contribution in [0.2, 0.25) is 0 Å². The molecule has 1 aliphatic heterocycles. The van der Waals surface area contributed by atoms with Crippen molar-refractivity contribution in [3.05, 3.63) is 149 Å². The predicted molar refractivity (Wildman–Crippen MR) is 161 cm³/mol. The number of nitrogens with zero attached hydrogens (tertiary/aromatic N) is 2. The number of carbonyl (C=O) groups is 1. The van der Waals surface area contributed by atoms with E-state index >= 15 is 0 Å². The Morgan fingerprint density at radius 1 is 0.875 bits per heavy atom.